The smallest absolute Gasteiger partial charge is 0 e. The van der Waals surface area contributed by atoms with Crippen LogP contribution in [0.2, 0.25) is 0 Å². The predicted octanol–water partition coefficient (Wildman–Crippen LogP) is 5.99. The number of halogens is 2. The molecule has 0 amide bonds. The summed E-state index contributed by atoms with van der Waals surface area (Å²) in [5.41, 5.74) is 6.65. The molecule has 0 aliphatic rings. The first-order valence-corrected chi connectivity index (χ1v) is 6.38. The number of benzene rings is 2. The van der Waals surface area contributed by atoms with Gasteiger partial charge in [-0.25, -0.2) is 0 Å². The molecule has 3 rings (SSSR count). The van der Waals surface area contributed by atoms with Crippen molar-refractivity contribution in [2.24, 2.45) is 0 Å². The SMILES string of the molecule is Cc1ccc(-c2cc3cc(C)c(C)cc3[cH-]2)cc1.Cl.Cl.[Zr]. The molecule has 0 saturated heterocycles. The van der Waals surface area contributed by atoms with Gasteiger partial charge in [0.2, 0.25) is 0 Å². The largest absolute Gasteiger partial charge is 0.147 e. The van der Waals surface area contributed by atoms with E-state index in [2.05, 4.69) is 69.3 Å². The van der Waals surface area contributed by atoms with Gasteiger partial charge in [-0.15, -0.1) is 59.3 Å². The van der Waals surface area contributed by atoms with E-state index in [4.69, 9.17) is 0 Å². The molecule has 0 aromatic heterocycles. The van der Waals surface area contributed by atoms with E-state index >= 15 is 0 Å². The summed E-state index contributed by atoms with van der Waals surface area (Å²) in [4.78, 5) is 0. The molecule has 0 spiro atoms. The Kier molecular flexibility index (Phi) is 8.04. The fourth-order valence-corrected chi connectivity index (χ4v) is 2.40. The molecule has 0 nitrogen and oxygen atoms in total. The van der Waals surface area contributed by atoms with Crippen molar-refractivity contribution in [2.75, 3.05) is 0 Å². The van der Waals surface area contributed by atoms with E-state index < -0.39 is 0 Å². The number of fused-ring (bicyclic) bond motifs is 1. The first-order valence-electron chi connectivity index (χ1n) is 6.38. The average Bonchev–Trinajstić information content (AvgIpc) is 2.73. The summed E-state index contributed by atoms with van der Waals surface area (Å²) in [7, 11) is 0. The van der Waals surface area contributed by atoms with Crippen molar-refractivity contribution in [1.82, 2.24) is 0 Å². The third-order valence-corrected chi connectivity index (χ3v) is 3.71. The second-order valence-corrected chi connectivity index (χ2v) is 5.18. The van der Waals surface area contributed by atoms with Gasteiger partial charge in [0.15, 0.2) is 0 Å². The van der Waals surface area contributed by atoms with Gasteiger partial charge in [0.05, 0.1) is 0 Å². The van der Waals surface area contributed by atoms with Crippen LogP contribution < -0.4 is 0 Å². The minimum absolute atomic E-state index is 0. The van der Waals surface area contributed by atoms with Gasteiger partial charge < -0.3 is 0 Å². The molecule has 0 radical (unpaired) electrons. The molecular weight excluding hydrogens is 378 g/mol. The summed E-state index contributed by atoms with van der Waals surface area (Å²) in [6, 6.07) is 17.9. The van der Waals surface area contributed by atoms with Gasteiger partial charge in [0.1, 0.15) is 0 Å². The zero-order valence-electron chi connectivity index (χ0n) is 12.4. The van der Waals surface area contributed by atoms with Crippen molar-refractivity contribution in [3.63, 3.8) is 0 Å². The molecule has 3 aromatic carbocycles. The van der Waals surface area contributed by atoms with Crippen LogP contribution in [0.25, 0.3) is 21.9 Å². The van der Waals surface area contributed by atoms with Crippen molar-refractivity contribution < 1.29 is 26.2 Å². The van der Waals surface area contributed by atoms with E-state index in [0.717, 1.165) is 0 Å². The molecule has 0 unspecified atom stereocenters. The van der Waals surface area contributed by atoms with Gasteiger partial charge in [-0.05, 0) is 20.8 Å². The van der Waals surface area contributed by atoms with Crippen LogP contribution in [-0.2, 0) is 26.2 Å². The molecule has 0 aliphatic heterocycles. The molecule has 0 N–H and O–H groups in total. The second-order valence-electron chi connectivity index (χ2n) is 5.18. The van der Waals surface area contributed by atoms with E-state index in [1.54, 1.807) is 0 Å². The average molecular weight is 397 g/mol. The van der Waals surface area contributed by atoms with E-state index in [-0.39, 0.29) is 51.0 Å². The molecule has 21 heavy (non-hydrogen) atoms. The van der Waals surface area contributed by atoms with Crippen molar-refractivity contribution in [3.05, 3.63) is 65.2 Å². The Morgan fingerprint density at radius 3 is 1.95 bits per heavy atom. The Labute approximate surface area is 158 Å². The van der Waals surface area contributed by atoms with Crippen LogP contribution in [-0.4, -0.2) is 0 Å². The first kappa shape index (κ1) is 20.5. The van der Waals surface area contributed by atoms with Crippen LogP contribution >= 0.6 is 24.8 Å². The Bertz CT molecular complexity index is 673. The summed E-state index contributed by atoms with van der Waals surface area (Å²) >= 11 is 0. The van der Waals surface area contributed by atoms with Gasteiger partial charge in [-0.1, -0.05) is 52.6 Å². The van der Waals surface area contributed by atoms with E-state index in [0.29, 0.717) is 0 Å². The Hall–Kier alpha value is -0.487. The Morgan fingerprint density at radius 1 is 0.762 bits per heavy atom. The predicted molar refractivity (Wildman–Crippen MR) is 93.7 cm³/mol. The zero-order valence-corrected chi connectivity index (χ0v) is 16.5. The standard InChI is InChI=1S/C18H17.2ClH.Zr/c1-12-4-6-15(7-5-12)18-10-16-8-13(2)14(3)9-17(16)11-18;;;/h4-11H,1-3H3;2*1H;/q-1;;;. The Morgan fingerprint density at radius 2 is 1.33 bits per heavy atom. The molecular formula is C18H19Cl2Zr-. The molecule has 0 fully saturated rings. The van der Waals surface area contributed by atoms with Crippen molar-refractivity contribution in [2.45, 2.75) is 20.8 Å². The second kappa shape index (κ2) is 8.23. The van der Waals surface area contributed by atoms with Crippen molar-refractivity contribution >= 4 is 35.6 Å². The van der Waals surface area contributed by atoms with Gasteiger partial charge in [-0.3, -0.25) is 0 Å². The van der Waals surface area contributed by atoms with Gasteiger partial charge >= 0.3 is 0 Å². The summed E-state index contributed by atoms with van der Waals surface area (Å²) in [5.74, 6) is 0. The molecule has 0 atom stereocenters. The van der Waals surface area contributed by atoms with Crippen LogP contribution in [0.3, 0.4) is 0 Å². The third kappa shape index (κ3) is 4.25. The molecule has 0 saturated carbocycles. The van der Waals surface area contributed by atoms with E-state index in [1.165, 1.54) is 38.6 Å². The molecule has 3 heteroatoms. The van der Waals surface area contributed by atoms with Gasteiger partial charge in [0, 0.05) is 26.2 Å². The van der Waals surface area contributed by atoms with Gasteiger partial charge in [0.25, 0.3) is 0 Å². The molecule has 3 aromatic rings. The van der Waals surface area contributed by atoms with Crippen LogP contribution in [0.1, 0.15) is 16.7 Å². The third-order valence-electron chi connectivity index (χ3n) is 3.71. The summed E-state index contributed by atoms with van der Waals surface area (Å²) in [6.45, 7) is 6.47. The Balaban J connectivity index is 0.00000133. The number of hydrogen-bond acceptors (Lipinski definition) is 0. The normalized spacial score (nSPS) is 9.48. The summed E-state index contributed by atoms with van der Waals surface area (Å²) < 4.78 is 0. The first-order chi connectivity index (χ1) is 8.63. The van der Waals surface area contributed by atoms with E-state index in [1.807, 2.05) is 0 Å². The minimum atomic E-state index is 0. The van der Waals surface area contributed by atoms with Crippen LogP contribution in [0, 0.1) is 20.8 Å². The van der Waals surface area contributed by atoms with Crippen molar-refractivity contribution in [1.29, 1.82) is 0 Å². The van der Waals surface area contributed by atoms with Crippen LogP contribution in [0.15, 0.2) is 48.5 Å². The number of hydrogen-bond donors (Lipinski definition) is 0. The maximum atomic E-state index is 2.28. The molecule has 0 aliphatic carbocycles. The minimum Gasteiger partial charge on any atom is -0.147 e. The fraction of sp³-hybridized carbons (Fsp3) is 0.167. The monoisotopic (exact) mass is 395 g/mol. The molecule has 110 valence electrons. The molecule has 0 bridgehead atoms. The molecule has 0 heterocycles. The quantitative estimate of drug-likeness (QED) is 0.442. The van der Waals surface area contributed by atoms with Gasteiger partial charge in [-0.2, -0.15) is 0 Å². The van der Waals surface area contributed by atoms with E-state index in [9.17, 15) is 0 Å². The van der Waals surface area contributed by atoms with Crippen LogP contribution in [0.4, 0.5) is 0 Å². The number of rotatable bonds is 1. The maximum Gasteiger partial charge on any atom is 0 e. The fourth-order valence-electron chi connectivity index (χ4n) is 2.40. The summed E-state index contributed by atoms with van der Waals surface area (Å²) in [6.07, 6.45) is 0. The topological polar surface area (TPSA) is 0 Å². The maximum absolute atomic E-state index is 2.28. The van der Waals surface area contributed by atoms with Crippen LogP contribution in [0.5, 0.6) is 0 Å². The van der Waals surface area contributed by atoms with Crippen molar-refractivity contribution in [3.8, 4) is 11.1 Å². The summed E-state index contributed by atoms with van der Waals surface area (Å²) in [5, 5.41) is 2.68. The zero-order chi connectivity index (χ0) is 12.7. The number of aryl methyl sites for hydroxylation is 3.